The molecule has 0 spiro atoms. The topological polar surface area (TPSA) is 55.1 Å². The Kier molecular flexibility index (Phi) is 4.47. The maximum atomic E-state index is 12.0. The number of hydrogen-bond donors (Lipinski definition) is 2. The quantitative estimate of drug-likeness (QED) is 0.837. The number of carbonyl (C=O) groups is 1. The van der Waals surface area contributed by atoms with Crippen LogP contribution < -0.4 is 11.1 Å². The summed E-state index contributed by atoms with van der Waals surface area (Å²) in [6.45, 7) is 2.93. The van der Waals surface area contributed by atoms with Crippen LogP contribution in [0.3, 0.4) is 0 Å². The fourth-order valence-corrected chi connectivity index (χ4v) is 3.51. The molecule has 1 heterocycles. The number of nitrogens with one attached hydrogen (secondary N) is 1. The van der Waals surface area contributed by atoms with Gasteiger partial charge in [-0.25, -0.2) is 0 Å². The third-order valence-electron chi connectivity index (χ3n) is 3.35. The summed E-state index contributed by atoms with van der Waals surface area (Å²) in [5.74, 6) is 1.15. The SMILES string of the molecule is CC1(CNC(=O)c2ccc(C(N)=S)cc2)CCCS1. The standard InChI is InChI=1S/C14H18N2OS2/c1-14(7-2-8-19-14)9-16-13(17)11-5-3-10(4-6-11)12(15)18/h3-6H,2,7-9H2,1H3,(H2,15,18)(H,16,17). The van der Waals surface area contributed by atoms with E-state index < -0.39 is 0 Å². The highest BCUT2D eigenvalue weighted by Gasteiger charge is 2.29. The third-order valence-corrected chi connectivity index (χ3v) is 5.13. The number of carbonyl (C=O) groups excluding carboxylic acids is 1. The second-order valence-corrected chi connectivity index (χ2v) is 7.15. The monoisotopic (exact) mass is 294 g/mol. The summed E-state index contributed by atoms with van der Waals surface area (Å²) in [4.78, 5) is 12.4. The summed E-state index contributed by atoms with van der Waals surface area (Å²) >= 11 is 6.82. The molecule has 1 fully saturated rings. The summed E-state index contributed by atoms with van der Waals surface area (Å²) in [6.07, 6.45) is 2.40. The molecule has 19 heavy (non-hydrogen) atoms. The lowest BCUT2D eigenvalue weighted by Gasteiger charge is -2.22. The number of amides is 1. The Hall–Kier alpha value is -1.07. The van der Waals surface area contributed by atoms with Gasteiger partial charge in [-0.15, -0.1) is 0 Å². The van der Waals surface area contributed by atoms with Crippen LogP contribution in [0.5, 0.6) is 0 Å². The van der Waals surface area contributed by atoms with Crippen molar-refractivity contribution in [1.29, 1.82) is 0 Å². The molecule has 3 nitrogen and oxygen atoms in total. The molecule has 1 unspecified atom stereocenters. The van der Waals surface area contributed by atoms with E-state index in [2.05, 4.69) is 12.2 Å². The maximum Gasteiger partial charge on any atom is 0.251 e. The van der Waals surface area contributed by atoms with Crippen LogP contribution in [-0.4, -0.2) is 27.9 Å². The Morgan fingerprint density at radius 2 is 2.05 bits per heavy atom. The minimum Gasteiger partial charge on any atom is -0.389 e. The van der Waals surface area contributed by atoms with Gasteiger partial charge in [-0.05, 0) is 37.7 Å². The molecule has 1 aliphatic heterocycles. The van der Waals surface area contributed by atoms with Crippen molar-refractivity contribution in [3.05, 3.63) is 35.4 Å². The third kappa shape index (κ3) is 3.70. The van der Waals surface area contributed by atoms with Crippen LogP contribution in [0.2, 0.25) is 0 Å². The Bertz CT molecular complexity index is 479. The summed E-state index contributed by atoms with van der Waals surface area (Å²) in [6, 6.07) is 7.08. The van der Waals surface area contributed by atoms with Crippen molar-refractivity contribution in [2.75, 3.05) is 12.3 Å². The normalized spacial score (nSPS) is 22.2. The number of rotatable bonds is 4. The van der Waals surface area contributed by atoms with Crippen LogP contribution in [0.4, 0.5) is 0 Å². The Morgan fingerprint density at radius 1 is 1.42 bits per heavy atom. The van der Waals surface area contributed by atoms with E-state index in [1.165, 1.54) is 18.6 Å². The fraction of sp³-hybridized carbons (Fsp3) is 0.429. The molecule has 3 N–H and O–H groups in total. The lowest BCUT2D eigenvalue weighted by Crippen LogP contribution is -2.36. The van der Waals surface area contributed by atoms with Crippen LogP contribution >= 0.6 is 24.0 Å². The number of benzene rings is 1. The van der Waals surface area contributed by atoms with E-state index in [0.29, 0.717) is 17.1 Å². The average Bonchev–Trinajstić information content (AvgIpc) is 2.83. The first-order valence-corrected chi connectivity index (χ1v) is 7.72. The number of hydrogen-bond acceptors (Lipinski definition) is 3. The van der Waals surface area contributed by atoms with Crippen molar-refractivity contribution in [3.63, 3.8) is 0 Å². The highest BCUT2D eigenvalue weighted by Crippen LogP contribution is 2.36. The van der Waals surface area contributed by atoms with E-state index in [4.69, 9.17) is 18.0 Å². The van der Waals surface area contributed by atoms with Crippen LogP contribution in [0, 0.1) is 0 Å². The van der Waals surface area contributed by atoms with Gasteiger partial charge in [-0.2, -0.15) is 11.8 Å². The summed E-state index contributed by atoms with van der Waals surface area (Å²) in [7, 11) is 0. The lowest BCUT2D eigenvalue weighted by molar-refractivity contribution is 0.0950. The lowest BCUT2D eigenvalue weighted by atomic mass is 10.1. The second kappa shape index (κ2) is 5.92. The highest BCUT2D eigenvalue weighted by molar-refractivity contribution is 8.00. The van der Waals surface area contributed by atoms with Crippen molar-refractivity contribution in [3.8, 4) is 0 Å². The molecule has 1 aliphatic rings. The van der Waals surface area contributed by atoms with Gasteiger partial charge >= 0.3 is 0 Å². The van der Waals surface area contributed by atoms with Crippen LogP contribution in [0.15, 0.2) is 24.3 Å². The predicted octanol–water partition coefficient (Wildman–Crippen LogP) is 2.34. The molecule has 2 rings (SSSR count). The molecule has 0 saturated carbocycles. The molecule has 0 aromatic heterocycles. The van der Waals surface area contributed by atoms with Gasteiger partial charge in [0.25, 0.3) is 5.91 Å². The minimum absolute atomic E-state index is 0.0387. The van der Waals surface area contributed by atoms with Crippen LogP contribution in [-0.2, 0) is 0 Å². The molecule has 1 aromatic rings. The van der Waals surface area contributed by atoms with Gasteiger partial charge in [0, 0.05) is 22.4 Å². The minimum atomic E-state index is -0.0387. The molecule has 0 radical (unpaired) electrons. The first-order chi connectivity index (χ1) is 9.00. The zero-order valence-corrected chi connectivity index (χ0v) is 12.6. The maximum absolute atomic E-state index is 12.0. The van der Waals surface area contributed by atoms with Crippen molar-refractivity contribution < 1.29 is 4.79 Å². The van der Waals surface area contributed by atoms with Crippen molar-refractivity contribution in [2.24, 2.45) is 5.73 Å². The number of nitrogens with two attached hydrogens (primary N) is 1. The summed E-state index contributed by atoms with van der Waals surface area (Å²) in [5.41, 5.74) is 6.95. The first-order valence-electron chi connectivity index (χ1n) is 6.32. The van der Waals surface area contributed by atoms with Gasteiger partial charge in [-0.3, -0.25) is 4.79 Å². The molecule has 1 aromatic carbocycles. The van der Waals surface area contributed by atoms with Crippen LogP contribution in [0.25, 0.3) is 0 Å². The average molecular weight is 294 g/mol. The van der Waals surface area contributed by atoms with Crippen molar-refractivity contribution in [1.82, 2.24) is 5.32 Å². The Labute approximate surface area is 123 Å². The number of thioether (sulfide) groups is 1. The van der Waals surface area contributed by atoms with E-state index in [0.717, 1.165) is 5.56 Å². The van der Waals surface area contributed by atoms with Crippen LogP contribution in [0.1, 0.15) is 35.7 Å². The van der Waals surface area contributed by atoms with E-state index in [1.807, 2.05) is 11.8 Å². The number of thiocarbonyl (C=S) groups is 1. The molecule has 5 heteroatoms. The highest BCUT2D eigenvalue weighted by atomic mass is 32.2. The molecule has 102 valence electrons. The van der Waals surface area contributed by atoms with Gasteiger partial charge in [0.1, 0.15) is 4.99 Å². The van der Waals surface area contributed by atoms with Gasteiger partial charge in [0.2, 0.25) is 0 Å². The predicted molar refractivity (Wildman–Crippen MR) is 84.8 cm³/mol. The van der Waals surface area contributed by atoms with Gasteiger partial charge in [-0.1, -0.05) is 24.4 Å². The van der Waals surface area contributed by atoms with E-state index >= 15 is 0 Å². The second-order valence-electron chi connectivity index (χ2n) is 5.03. The molecule has 1 saturated heterocycles. The molecule has 0 aliphatic carbocycles. The molecule has 1 atom stereocenters. The summed E-state index contributed by atoms with van der Waals surface area (Å²) in [5, 5.41) is 3.01. The van der Waals surface area contributed by atoms with Crippen molar-refractivity contribution >= 4 is 34.9 Å². The first kappa shape index (κ1) is 14.3. The Morgan fingerprint density at radius 3 is 2.58 bits per heavy atom. The zero-order valence-electron chi connectivity index (χ0n) is 10.9. The molecule has 1 amide bonds. The van der Waals surface area contributed by atoms with Gasteiger partial charge in [0.05, 0.1) is 0 Å². The van der Waals surface area contributed by atoms with E-state index in [9.17, 15) is 4.79 Å². The van der Waals surface area contributed by atoms with E-state index in [1.54, 1.807) is 24.3 Å². The van der Waals surface area contributed by atoms with Gasteiger partial charge in [0.15, 0.2) is 0 Å². The molecular formula is C14H18N2OS2. The molecule has 0 bridgehead atoms. The largest absolute Gasteiger partial charge is 0.389 e. The smallest absolute Gasteiger partial charge is 0.251 e. The fourth-order valence-electron chi connectivity index (χ4n) is 2.13. The van der Waals surface area contributed by atoms with Crippen molar-refractivity contribution in [2.45, 2.75) is 24.5 Å². The van der Waals surface area contributed by atoms with E-state index in [-0.39, 0.29) is 10.7 Å². The Balaban J connectivity index is 1.94. The zero-order chi connectivity index (χ0) is 13.9. The van der Waals surface area contributed by atoms with Gasteiger partial charge < -0.3 is 11.1 Å². The summed E-state index contributed by atoms with van der Waals surface area (Å²) < 4.78 is 0.189. The molecular weight excluding hydrogens is 276 g/mol.